The van der Waals surface area contributed by atoms with E-state index in [1.54, 1.807) is 11.0 Å². The third kappa shape index (κ3) is 8.59. The first-order valence-corrected chi connectivity index (χ1v) is 19.5. The van der Waals surface area contributed by atoms with Crippen LogP contribution in [0.3, 0.4) is 0 Å². The number of fused-ring (bicyclic) bond motifs is 2. The van der Waals surface area contributed by atoms with Crippen LogP contribution < -0.4 is 11.1 Å². The number of aryl methyl sites for hydroxylation is 1. The minimum atomic E-state index is -1.06. The molecule has 54 heavy (non-hydrogen) atoms. The van der Waals surface area contributed by atoms with Gasteiger partial charge in [0.2, 0.25) is 0 Å². The van der Waals surface area contributed by atoms with Gasteiger partial charge >= 0.3 is 23.8 Å². The van der Waals surface area contributed by atoms with Crippen molar-refractivity contribution in [1.29, 1.82) is 0 Å². The molecular weight excluding hydrogens is 692 g/mol. The summed E-state index contributed by atoms with van der Waals surface area (Å²) in [5.41, 5.74) is 4.46. The molecule has 2 aromatic carbocycles. The zero-order valence-electron chi connectivity index (χ0n) is 31.3. The number of rotatable bonds is 9. The summed E-state index contributed by atoms with van der Waals surface area (Å²) in [4.78, 5) is 75.2. The summed E-state index contributed by atoms with van der Waals surface area (Å²) in [7, 11) is 0. The number of esters is 1. The van der Waals surface area contributed by atoms with Crippen LogP contribution in [-0.4, -0.2) is 120 Å². The number of para-hydroxylation sites is 1. The molecule has 3 saturated heterocycles. The molecule has 3 aromatic rings. The lowest BCUT2D eigenvalue weighted by Crippen LogP contribution is -2.52. The highest BCUT2D eigenvalue weighted by Crippen LogP contribution is 2.33. The van der Waals surface area contributed by atoms with Crippen molar-refractivity contribution in [2.45, 2.75) is 77.4 Å². The number of benzene rings is 2. The quantitative estimate of drug-likeness (QED) is 0.300. The van der Waals surface area contributed by atoms with E-state index in [1.165, 1.54) is 0 Å². The number of carbonyl (C=O) groups is 4. The normalized spacial score (nSPS) is 20.0. The average Bonchev–Trinajstić information content (AvgIpc) is 3.47. The van der Waals surface area contributed by atoms with Crippen LogP contribution in [0.2, 0.25) is 0 Å². The van der Waals surface area contributed by atoms with Gasteiger partial charge in [-0.3, -0.25) is 19.5 Å². The number of urea groups is 1. The molecular formula is C40H52N6O8. The van der Waals surface area contributed by atoms with Crippen molar-refractivity contribution in [1.82, 2.24) is 24.6 Å². The summed E-state index contributed by atoms with van der Waals surface area (Å²) in [6.45, 7) is 8.71. The Kier molecular flexibility index (Phi) is 11.6. The van der Waals surface area contributed by atoms with Crippen LogP contribution in [0.25, 0.3) is 11.1 Å². The van der Waals surface area contributed by atoms with Gasteiger partial charge in [0.05, 0.1) is 18.7 Å². The van der Waals surface area contributed by atoms with Crippen molar-refractivity contribution in [3.05, 3.63) is 63.6 Å². The molecule has 0 spiro atoms. The highest BCUT2D eigenvalue weighted by atomic mass is 16.6. The van der Waals surface area contributed by atoms with E-state index >= 15 is 0 Å². The van der Waals surface area contributed by atoms with Crippen LogP contribution >= 0.6 is 0 Å². The Hall–Kier alpha value is -4.85. The number of nitrogens with one attached hydrogen (secondary N) is 2. The van der Waals surface area contributed by atoms with Crippen LogP contribution in [0, 0.1) is 18.8 Å². The predicted molar refractivity (Wildman–Crippen MR) is 201 cm³/mol. The molecule has 5 heterocycles. The molecule has 0 radical (unpaired) electrons. The first-order valence-electron chi connectivity index (χ1n) is 19.5. The van der Waals surface area contributed by atoms with Gasteiger partial charge in [0, 0.05) is 50.9 Å². The van der Waals surface area contributed by atoms with Gasteiger partial charge in [-0.25, -0.2) is 14.4 Å². The summed E-state index contributed by atoms with van der Waals surface area (Å²) < 4.78 is 16.6. The number of carbonyl (C=O) groups excluding carboxylic acids is 4. The zero-order valence-corrected chi connectivity index (χ0v) is 31.3. The van der Waals surface area contributed by atoms with Crippen molar-refractivity contribution in [2.24, 2.45) is 11.8 Å². The standard InChI is InChI=1S/C40H52N6O8/c1-3-52-35(47)25-43-15-8-28(9-16-43)29-10-17-44(18-11-29)37(48)34(24-27-22-26(2)36-33(23-27)53-39(50)42-36)54-40(51)45-19-13-31(14-20-45)46-21-12-30-6-4-5-7-32(30)41-38(46)49/h4-7,22-23,28-29,31,34H,3,8-21,24-25H2,1-2H3,(H,41,49)(H,42,50)/t34-/m1/s1. The maximum absolute atomic E-state index is 14.2. The molecule has 0 aliphatic carbocycles. The zero-order chi connectivity index (χ0) is 37.8. The van der Waals surface area contributed by atoms with Gasteiger partial charge in [0.1, 0.15) is 0 Å². The van der Waals surface area contributed by atoms with Crippen molar-refractivity contribution in [2.75, 3.05) is 64.3 Å². The summed E-state index contributed by atoms with van der Waals surface area (Å²) in [6.07, 6.45) is 4.28. The number of piperidine rings is 3. The first-order chi connectivity index (χ1) is 26.1. The number of aromatic amines is 1. The molecule has 14 heteroatoms. The summed E-state index contributed by atoms with van der Waals surface area (Å²) >= 11 is 0. The van der Waals surface area contributed by atoms with Crippen LogP contribution in [0.5, 0.6) is 0 Å². The van der Waals surface area contributed by atoms with E-state index in [1.807, 2.05) is 54.0 Å². The van der Waals surface area contributed by atoms with Crippen LogP contribution in [0.15, 0.2) is 45.6 Å². The Morgan fingerprint density at radius 3 is 2.30 bits per heavy atom. The molecule has 0 saturated carbocycles. The van der Waals surface area contributed by atoms with Gasteiger partial charge in [0.25, 0.3) is 5.91 Å². The van der Waals surface area contributed by atoms with Crippen LogP contribution in [0.1, 0.15) is 62.1 Å². The van der Waals surface area contributed by atoms with Gasteiger partial charge < -0.3 is 33.9 Å². The van der Waals surface area contributed by atoms with Gasteiger partial charge in [-0.15, -0.1) is 0 Å². The Morgan fingerprint density at radius 2 is 1.57 bits per heavy atom. The lowest BCUT2D eigenvalue weighted by molar-refractivity contribution is -0.144. The second-order valence-corrected chi connectivity index (χ2v) is 15.2. The molecule has 0 unspecified atom stereocenters. The molecule has 1 aromatic heterocycles. The number of aromatic nitrogens is 1. The van der Waals surface area contributed by atoms with E-state index in [9.17, 15) is 24.0 Å². The smallest absolute Gasteiger partial charge is 0.417 e. The Labute approximate surface area is 315 Å². The fraction of sp³-hybridized carbons (Fsp3) is 0.575. The number of oxazole rings is 1. The Morgan fingerprint density at radius 1 is 0.889 bits per heavy atom. The largest absolute Gasteiger partial charge is 0.465 e. The van der Waals surface area contributed by atoms with Crippen LogP contribution in [-0.2, 0) is 31.9 Å². The maximum Gasteiger partial charge on any atom is 0.417 e. The predicted octanol–water partition coefficient (Wildman–Crippen LogP) is 4.55. The van der Waals surface area contributed by atoms with Crippen molar-refractivity contribution < 1.29 is 33.1 Å². The number of ether oxygens (including phenoxy) is 2. The minimum Gasteiger partial charge on any atom is -0.465 e. The highest BCUT2D eigenvalue weighted by molar-refractivity contribution is 5.91. The average molecular weight is 745 g/mol. The summed E-state index contributed by atoms with van der Waals surface area (Å²) in [5, 5.41) is 3.04. The van der Waals surface area contributed by atoms with E-state index in [2.05, 4.69) is 15.2 Å². The molecule has 4 aliphatic rings. The molecule has 0 bridgehead atoms. The number of amides is 4. The van der Waals surface area contributed by atoms with Gasteiger partial charge in [0.15, 0.2) is 11.7 Å². The van der Waals surface area contributed by atoms with Gasteiger partial charge in [-0.1, -0.05) is 24.3 Å². The summed E-state index contributed by atoms with van der Waals surface area (Å²) in [5.74, 6) is 0.0722. The van der Waals surface area contributed by atoms with Gasteiger partial charge in [-0.2, -0.15) is 0 Å². The van der Waals surface area contributed by atoms with E-state index in [-0.39, 0.29) is 30.4 Å². The fourth-order valence-electron chi connectivity index (χ4n) is 8.87. The first kappa shape index (κ1) is 37.5. The minimum absolute atomic E-state index is 0.0161. The maximum atomic E-state index is 14.2. The number of hydrogen-bond acceptors (Lipinski definition) is 9. The lowest BCUT2D eigenvalue weighted by Gasteiger charge is -2.41. The Balaban J connectivity index is 0.974. The second kappa shape index (κ2) is 16.7. The molecule has 14 nitrogen and oxygen atoms in total. The molecule has 4 aliphatic heterocycles. The number of anilines is 1. The van der Waals surface area contributed by atoms with Crippen LogP contribution in [0.4, 0.5) is 15.3 Å². The lowest BCUT2D eigenvalue weighted by atomic mass is 9.78. The fourth-order valence-corrected chi connectivity index (χ4v) is 8.87. The van der Waals surface area contributed by atoms with Gasteiger partial charge in [-0.05, 0) is 113 Å². The number of likely N-dealkylation sites (tertiary alicyclic amines) is 3. The van der Waals surface area contributed by atoms with Crippen molar-refractivity contribution in [3.63, 3.8) is 0 Å². The Bertz CT molecular complexity index is 1880. The topological polar surface area (TPSA) is 158 Å². The van der Waals surface area contributed by atoms with Crippen molar-refractivity contribution in [3.8, 4) is 0 Å². The second-order valence-electron chi connectivity index (χ2n) is 15.2. The number of H-pyrrole nitrogens is 1. The number of nitrogens with zero attached hydrogens (tertiary/aromatic N) is 4. The highest BCUT2D eigenvalue weighted by Gasteiger charge is 2.37. The monoisotopic (exact) mass is 744 g/mol. The molecule has 1 atom stereocenters. The third-order valence-corrected chi connectivity index (χ3v) is 11.8. The van der Waals surface area contributed by atoms with E-state index in [4.69, 9.17) is 13.9 Å². The molecule has 290 valence electrons. The molecule has 7 rings (SSSR count). The van der Waals surface area contributed by atoms with E-state index in [0.717, 1.165) is 67.6 Å². The van der Waals surface area contributed by atoms with E-state index in [0.29, 0.717) is 81.7 Å². The third-order valence-electron chi connectivity index (χ3n) is 11.8. The molecule has 4 amide bonds. The number of hydrogen-bond donors (Lipinski definition) is 2. The molecule has 3 fully saturated rings. The SMILES string of the molecule is CCOC(=O)CN1CCC(C2CCN(C(=O)[C@@H](Cc3cc(C)c4[nH]c(=O)oc4c3)OC(=O)N3CCC(N4CCc5ccccc5NC4=O)CC3)CC2)CC1. The molecule has 2 N–H and O–H groups in total. The summed E-state index contributed by atoms with van der Waals surface area (Å²) in [6, 6.07) is 11.3. The van der Waals surface area contributed by atoms with E-state index < -0.39 is 18.0 Å². The van der Waals surface area contributed by atoms with Crippen molar-refractivity contribution >= 4 is 40.8 Å².